The van der Waals surface area contributed by atoms with Gasteiger partial charge in [0, 0.05) is 5.02 Å². The van der Waals surface area contributed by atoms with E-state index in [9.17, 15) is 4.79 Å². The Labute approximate surface area is 185 Å². The highest BCUT2D eigenvalue weighted by Crippen LogP contribution is 2.31. The number of rotatable bonds is 5. The van der Waals surface area contributed by atoms with Crippen LogP contribution in [0, 0.1) is 0 Å². The number of anilines is 2. The zero-order valence-electron chi connectivity index (χ0n) is 16.2. The van der Waals surface area contributed by atoms with E-state index in [-0.39, 0.29) is 5.97 Å². The van der Waals surface area contributed by atoms with Gasteiger partial charge in [-0.05, 0) is 43.3 Å². The Kier molecular flexibility index (Phi) is 4.97. The van der Waals surface area contributed by atoms with Crippen LogP contribution in [-0.4, -0.2) is 37.3 Å². The van der Waals surface area contributed by atoms with E-state index in [0.29, 0.717) is 33.8 Å². The molecule has 31 heavy (non-hydrogen) atoms. The number of thiazole rings is 1. The van der Waals surface area contributed by atoms with Crippen molar-refractivity contribution in [3.8, 4) is 5.69 Å². The number of halogens is 1. The first-order valence-corrected chi connectivity index (χ1v) is 10.6. The second kappa shape index (κ2) is 7.93. The molecule has 0 unspecified atom stereocenters. The van der Waals surface area contributed by atoms with Crippen molar-refractivity contribution in [1.29, 1.82) is 0 Å². The minimum atomic E-state index is -0.349. The summed E-state index contributed by atoms with van der Waals surface area (Å²) < 4.78 is 7.64. The molecule has 2 aromatic carbocycles. The number of carbonyl (C=O) groups is 1. The van der Waals surface area contributed by atoms with Crippen molar-refractivity contribution >= 4 is 61.1 Å². The van der Waals surface area contributed by atoms with Crippen molar-refractivity contribution in [3.05, 3.63) is 65.6 Å². The molecule has 0 saturated carbocycles. The van der Waals surface area contributed by atoms with Crippen molar-refractivity contribution in [2.75, 3.05) is 11.9 Å². The van der Waals surface area contributed by atoms with Gasteiger partial charge in [0.05, 0.1) is 39.7 Å². The first kappa shape index (κ1) is 19.4. The SMILES string of the molecule is CCOC(=O)c1ccc2nc(Nc3ncnc4c3cnn4-c3cccc(Cl)c3)sc2c1. The Morgan fingerprint density at radius 2 is 2.13 bits per heavy atom. The van der Waals surface area contributed by atoms with Gasteiger partial charge in [-0.2, -0.15) is 5.10 Å². The average molecular weight is 451 g/mol. The number of aromatic nitrogens is 5. The average Bonchev–Trinajstić information content (AvgIpc) is 3.37. The molecule has 5 rings (SSSR count). The molecule has 154 valence electrons. The summed E-state index contributed by atoms with van der Waals surface area (Å²) in [5.41, 5.74) is 2.72. The maximum atomic E-state index is 12.0. The van der Waals surface area contributed by atoms with Gasteiger partial charge in [-0.3, -0.25) is 0 Å². The smallest absolute Gasteiger partial charge is 0.338 e. The second-order valence-electron chi connectivity index (χ2n) is 6.54. The van der Waals surface area contributed by atoms with Crippen molar-refractivity contribution < 1.29 is 9.53 Å². The third kappa shape index (κ3) is 3.69. The van der Waals surface area contributed by atoms with Gasteiger partial charge in [0.2, 0.25) is 0 Å². The summed E-state index contributed by atoms with van der Waals surface area (Å²) in [4.78, 5) is 25.3. The summed E-state index contributed by atoms with van der Waals surface area (Å²) in [5.74, 6) is 0.237. The zero-order chi connectivity index (χ0) is 21.4. The number of nitrogens with one attached hydrogen (secondary N) is 1. The largest absolute Gasteiger partial charge is 0.462 e. The normalized spacial score (nSPS) is 11.2. The van der Waals surface area contributed by atoms with Gasteiger partial charge >= 0.3 is 5.97 Å². The van der Waals surface area contributed by atoms with Gasteiger partial charge in [-0.25, -0.2) is 24.4 Å². The highest BCUT2D eigenvalue weighted by atomic mass is 35.5. The molecular formula is C21H15ClN6O2S. The summed E-state index contributed by atoms with van der Waals surface area (Å²) in [6.07, 6.45) is 3.17. The Hall–Kier alpha value is -3.56. The van der Waals surface area contributed by atoms with E-state index in [1.54, 1.807) is 42.1 Å². The van der Waals surface area contributed by atoms with Crippen LogP contribution in [0.3, 0.4) is 0 Å². The fraction of sp³-hybridized carbons (Fsp3) is 0.0952. The predicted octanol–water partition coefficient (Wildman–Crippen LogP) is 5.00. The highest BCUT2D eigenvalue weighted by molar-refractivity contribution is 7.22. The number of carbonyl (C=O) groups excluding carboxylic acids is 1. The molecule has 3 aromatic heterocycles. The van der Waals surface area contributed by atoms with Crippen LogP contribution in [0.25, 0.3) is 26.9 Å². The van der Waals surface area contributed by atoms with Crippen LogP contribution in [0.1, 0.15) is 17.3 Å². The second-order valence-corrected chi connectivity index (χ2v) is 8.01. The fourth-order valence-electron chi connectivity index (χ4n) is 3.16. The maximum Gasteiger partial charge on any atom is 0.338 e. The van der Waals surface area contributed by atoms with Crippen molar-refractivity contribution in [2.24, 2.45) is 0 Å². The topological polar surface area (TPSA) is 94.8 Å². The molecular weight excluding hydrogens is 436 g/mol. The minimum Gasteiger partial charge on any atom is -0.462 e. The van der Waals surface area contributed by atoms with E-state index in [2.05, 4.69) is 25.4 Å². The lowest BCUT2D eigenvalue weighted by atomic mass is 10.2. The molecule has 0 bridgehead atoms. The summed E-state index contributed by atoms with van der Waals surface area (Å²) in [6.45, 7) is 2.11. The fourth-order valence-corrected chi connectivity index (χ4v) is 4.25. The Morgan fingerprint density at radius 3 is 2.97 bits per heavy atom. The lowest BCUT2D eigenvalue weighted by molar-refractivity contribution is 0.0526. The van der Waals surface area contributed by atoms with Gasteiger partial charge < -0.3 is 10.1 Å². The number of hydrogen-bond donors (Lipinski definition) is 1. The van der Waals surface area contributed by atoms with Gasteiger partial charge in [-0.15, -0.1) is 0 Å². The van der Waals surface area contributed by atoms with Crippen LogP contribution < -0.4 is 5.32 Å². The summed E-state index contributed by atoms with van der Waals surface area (Å²) in [5, 5.41) is 9.70. The molecule has 0 saturated heterocycles. The predicted molar refractivity (Wildman–Crippen MR) is 121 cm³/mol. The standard InChI is InChI=1S/C21H15ClN6O2S/c1-2-30-20(29)12-6-7-16-17(8-12)31-21(26-16)27-18-15-10-25-28(19(15)24-11-23-18)14-5-3-4-13(22)9-14/h3-11H,2H2,1H3,(H,23,24,26,27). The number of esters is 1. The molecule has 1 N–H and O–H groups in total. The van der Waals surface area contributed by atoms with Crippen LogP contribution in [0.15, 0.2) is 55.0 Å². The molecule has 0 aliphatic heterocycles. The summed E-state index contributed by atoms with van der Waals surface area (Å²) >= 11 is 7.54. The molecule has 0 amide bonds. The Balaban J connectivity index is 1.49. The number of ether oxygens (including phenoxy) is 1. The number of fused-ring (bicyclic) bond motifs is 2. The van der Waals surface area contributed by atoms with Crippen molar-refractivity contribution in [3.63, 3.8) is 0 Å². The lowest BCUT2D eigenvalue weighted by Gasteiger charge is -2.05. The monoisotopic (exact) mass is 450 g/mol. The van der Waals surface area contributed by atoms with Gasteiger partial charge in [0.25, 0.3) is 0 Å². The number of benzene rings is 2. The van der Waals surface area contributed by atoms with E-state index in [1.807, 2.05) is 18.2 Å². The molecule has 0 radical (unpaired) electrons. The Morgan fingerprint density at radius 1 is 1.23 bits per heavy atom. The third-order valence-electron chi connectivity index (χ3n) is 4.54. The van der Waals surface area contributed by atoms with E-state index in [4.69, 9.17) is 16.3 Å². The summed E-state index contributed by atoms with van der Waals surface area (Å²) in [7, 11) is 0. The van der Waals surface area contributed by atoms with E-state index in [0.717, 1.165) is 21.3 Å². The molecule has 8 nitrogen and oxygen atoms in total. The molecule has 5 aromatic rings. The molecule has 3 heterocycles. The van der Waals surface area contributed by atoms with Crippen LogP contribution in [0.5, 0.6) is 0 Å². The zero-order valence-corrected chi connectivity index (χ0v) is 17.8. The minimum absolute atomic E-state index is 0.332. The van der Waals surface area contributed by atoms with Crippen LogP contribution in [0.2, 0.25) is 5.02 Å². The maximum absolute atomic E-state index is 12.0. The van der Waals surface area contributed by atoms with E-state index in [1.165, 1.54) is 17.7 Å². The molecule has 0 aliphatic rings. The molecule has 0 spiro atoms. The number of nitrogens with zero attached hydrogens (tertiary/aromatic N) is 5. The summed E-state index contributed by atoms with van der Waals surface area (Å²) in [6, 6.07) is 12.7. The lowest BCUT2D eigenvalue weighted by Crippen LogP contribution is -2.03. The molecule has 0 fully saturated rings. The molecule has 0 aliphatic carbocycles. The van der Waals surface area contributed by atoms with Crippen LogP contribution in [-0.2, 0) is 4.74 Å². The van der Waals surface area contributed by atoms with E-state index < -0.39 is 0 Å². The van der Waals surface area contributed by atoms with Crippen molar-refractivity contribution in [2.45, 2.75) is 6.92 Å². The van der Waals surface area contributed by atoms with Crippen molar-refractivity contribution in [1.82, 2.24) is 24.7 Å². The number of hydrogen-bond acceptors (Lipinski definition) is 8. The Bertz CT molecular complexity index is 1430. The van der Waals surface area contributed by atoms with Gasteiger partial charge in [0.1, 0.15) is 12.1 Å². The van der Waals surface area contributed by atoms with Crippen LogP contribution >= 0.6 is 22.9 Å². The quantitative estimate of drug-likeness (QED) is 0.376. The van der Waals surface area contributed by atoms with E-state index >= 15 is 0 Å². The molecule has 0 atom stereocenters. The van der Waals surface area contributed by atoms with Gasteiger partial charge in [-0.1, -0.05) is 29.0 Å². The molecule has 10 heteroatoms. The first-order chi connectivity index (χ1) is 15.1. The first-order valence-electron chi connectivity index (χ1n) is 9.42. The highest BCUT2D eigenvalue weighted by Gasteiger charge is 2.14. The van der Waals surface area contributed by atoms with Crippen LogP contribution in [0.4, 0.5) is 10.9 Å². The van der Waals surface area contributed by atoms with Gasteiger partial charge in [0.15, 0.2) is 10.8 Å². The third-order valence-corrected chi connectivity index (χ3v) is 5.71.